The van der Waals surface area contributed by atoms with E-state index in [-0.39, 0.29) is 36.0 Å². The van der Waals surface area contributed by atoms with Crippen LogP contribution in [0.15, 0.2) is 29.3 Å². The number of piperazine rings is 1. The van der Waals surface area contributed by atoms with E-state index < -0.39 is 0 Å². The Balaban J connectivity index is 0.00000261. The predicted molar refractivity (Wildman–Crippen MR) is 124 cm³/mol. The average Bonchev–Trinajstić information content (AvgIpc) is 2.68. The molecule has 1 aromatic rings. The number of nitrogens with two attached hydrogens (primary N) is 1. The normalized spacial score (nSPS) is 20.3. The molecule has 1 aliphatic carbocycles. The smallest absolute Gasteiger partial charge is 0.191 e. The Hall–Kier alpha value is -0.730. The number of aliphatic hydroxyl groups is 1. The van der Waals surface area contributed by atoms with Gasteiger partial charge in [0, 0.05) is 50.0 Å². The SMILES string of the molecule is I.NC(=NCC1(CCO)CCCCC1)N1CCN(c2ccc(Cl)cc2)CC1. The molecule has 2 fully saturated rings. The van der Waals surface area contributed by atoms with Crippen molar-refractivity contribution in [1.82, 2.24) is 4.90 Å². The van der Waals surface area contributed by atoms with Gasteiger partial charge in [0.15, 0.2) is 5.96 Å². The highest BCUT2D eigenvalue weighted by molar-refractivity contribution is 14.0. The largest absolute Gasteiger partial charge is 0.396 e. The molecule has 0 aromatic heterocycles. The first-order valence-corrected chi connectivity index (χ1v) is 10.2. The maximum atomic E-state index is 9.45. The summed E-state index contributed by atoms with van der Waals surface area (Å²) in [6.45, 7) is 4.61. The van der Waals surface area contributed by atoms with Gasteiger partial charge in [0.1, 0.15) is 0 Å². The standard InChI is InChI=1S/C20H31ClN4O.HI/c21-17-4-6-18(7-5-17)24-11-13-25(14-12-24)19(22)23-16-20(10-15-26)8-2-1-3-9-20;/h4-7,26H,1-3,8-16H2,(H2,22,23);1H. The van der Waals surface area contributed by atoms with Crippen molar-refractivity contribution >= 4 is 47.2 Å². The zero-order chi connectivity index (χ0) is 18.4. The molecule has 0 spiro atoms. The van der Waals surface area contributed by atoms with Crippen LogP contribution in [0, 0.1) is 5.41 Å². The first-order valence-electron chi connectivity index (χ1n) is 9.78. The summed E-state index contributed by atoms with van der Waals surface area (Å²) in [6.07, 6.45) is 6.96. The van der Waals surface area contributed by atoms with Gasteiger partial charge in [-0.1, -0.05) is 30.9 Å². The van der Waals surface area contributed by atoms with Gasteiger partial charge in [0.25, 0.3) is 0 Å². The van der Waals surface area contributed by atoms with E-state index >= 15 is 0 Å². The van der Waals surface area contributed by atoms with E-state index in [1.165, 1.54) is 24.9 Å². The summed E-state index contributed by atoms with van der Waals surface area (Å²) < 4.78 is 0. The minimum atomic E-state index is 0. The fraction of sp³-hybridized carbons (Fsp3) is 0.650. The number of aliphatic hydroxyl groups excluding tert-OH is 1. The molecule has 1 aromatic carbocycles. The second-order valence-electron chi connectivity index (χ2n) is 7.66. The third kappa shape index (κ3) is 6.12. The zero-order valence-electron chi connectivity index (χ0n) is 15.9. The molecule has 27 heavy (non-hydrogen) atoms. The molecule has 0 amide bonds. The van der Waals surface area contributed by atoms with Crippen LogP contribution in [-0.2, 0) is 0 Å². The van der Waals surface area contributed by atoms with Crippen LogP contribution in [0.2, 0.25) is 5.02 Å². The van der Waals surface area contributed by atoms with Crippen LogP contribution in [-0.4, -0.2) is 55.3 Å². The Morgan fingerprint density at radius 2 is 1.70 bits per heavy atom. The third-order valence-electron chi connectivity index (χ3n) is 5.93. The second-order valence-corrected chi connectivity index (χ2v) is 8.10. The van der Waals surface area contributed by atoms with Crippen LogP contribution in [0.4, 0.5) is 5.69 Å². The highest BCUT2D eigenvalue weighted by atomic mass is 127. The molecule has 0 radical (unpaired) electrons. The molecule has 7 heteroatoms. The van der Waals surface area contributed by atoms with Gasteiger partial charge in [-0.15, -0.1) is 24.0 Å². The van der Waals surface area contributed by atoms with Gasteiger partial charge >= 0.3 is 0 Å². The van der Waals surface area contributed by atoms with Gasteiger partial charge in [0.2, 0.25) is 0 Å². The van der Waals surface area contributed by atoms with Crippen molar-refractivity contribution in [3.63, 3.8) is 0 Å². The number of nitrogens with zero attached hydrogens (tertiary/aromatic N) is 3. The molecule has 1 saturated carbocycles. The van der Waals surface area contributed by atoms with Crippen molar-refractivity contribution in [3.05, 3.63) is 29.3 Å². The van der Waals surface area contributed by atoms with Crippen molar-refractivity contribution in [2.75, 3.05) is 44.2 Å². The van der Waals surface area contributed by atoms with Gasteiger partial charge in [0.05, 0.1) is 0 Å². The quantitative estimate of drug-likeness (QED) is 0.363. The lowest BCUT2D eigenvalue weighted by atomic mass is 9.72. The Morgan fingerprint density at radius 1 is 1.07 bits per heavy atom. The summed E-state index contributed by atoms with van der Waals surface area (Å²) in [5.74, 6) is 0.656. The van der Waals surface area contributed by atoms with Crippen LogP contribution in [0.3, 0.4) is 0 Å². The van der Waals surface area contributed by atoms with Crippen LogP contribution >= 0.6 is 35.6 Å². The van der Waals surface area contributed by atoms with E-state index in [1.54, 1.807) is 0 Å². The lowest BCUT2D eigenvalue weighted by Gasteiger charge is -2.38. The Bertz CT molecular complexity index is 591. The molecular weight excluding hydrogens is 475 g/mol. The predicted octanol–water partition coefficient (Wildman–Crippen LogP) is 3.73. The van der Waals surface area contributed by atoms with Gasteiger partial charge in [-0.2, -0.15) is 0 Å². The van der Waals surface area contributed by atoms with Crippen LogP contribution in [0.25, 0.3) is 0 Å². The summed E-state index contributed by atoms with van der Waals surface area (Å²) in [6, 6.07) is 8.00. The first-order chi connectivity index (χ1) is 12.6. The third-order valence-corrected chi connectivity index (χ3v) is 6.18. The highest BCUT2D eigenvalue weighted by Gasteiger charge is 2.31. The maximum Gasteiger partial charge on any atom is 0.191 e. The molecule has 2 aliphatic rings. The number of hydrogen-bond donors (Lipinski definition) is 2. The van der Waals surface area contributed by atoms with Gasteiger partial charge in [-0.25, -0.2) is 0 Å². The van der Waals surface area contributed by atoms with Gasteiger partial charge < -0.3 is 20.6 Å². The lowest BCUT2D eigenvalue weighted by Crippen LogP contribution is -2.51. The molecule has 5 nitrogen and oxygen atoms in total. The molecule has 0 bridgehead atoms. The summed E-state index contributed by atoms with van der Waals surface area (Å²) >= 11 is 5.97. The minimum Gasteiger partial charge on any atom is -0.396 e. The van der Waals surface area contributed by atoms with E-state index in [4.69, 9.17) is 22.3 Å². The van der Waals surface area contributed by atoms with E-state index in [2.05, 4.69) is 21.9 Å². The molecule has 1 aliphatic heterocycles. The maximum absolute atomic E-state index is 9.45. The Morgan fingerprint density at radius 3 is 2.30 bits per heavy atom. The number of anilines is 1. The lowest BCUT2D eigenvalue weighted by molar-refractivity contribution is 0.137. The fourth-order valence-corrected chi connectivity index (χ4v) is 4.35. The number of rotatable bonds is 5. The van der Waals surface area contributed by atoms with Crippen molar-refractivity contribution in [1.29, 1.82) is 0 Å². The molecule has 152 valence electrons. The summed E-state index contributed by atoms with van der Waals surface area (Å²) in [5.41, 5.74) is 7.66. The number of hydrogen-bond acceptors (Lipinski definition) is 3. The number of aliphatic imine (C=N–C) groups is 1. The summed E-state index contributed by atoms with van der Waals surface area (Å²) in [5, 5.41) is 10.2. The summed E-state index contributed by atoms with van der Waals surface area (Å²) in [7, 11) is 0. The van der Waals surface area contributed by atoms with Crippen molar-refractivity contribution in [2.24, 2.45) is 16.1 Å². The Kier molecular flexibility index (Phi) is 8.95. The Labute approximate surface area is 185 Å². The van der Waals surface area contributed by atoms with E-state index in [9.17, 15) is 5.11 Å². The minimum absolute atomic E-state index is 0. The second kappa shape index (κ2) is 10.7. The van der Waals surface area contributed by atoms with E-state index in [0.717, 1.165) is 57.0 Å². The number of guanidine groups is 1. The number of benzene rings is 1. The zero-order valence-corrected chi connectivity index (χ0v) is 19.0. The van der Waals surface area contributed by atoms with Gasteiger partial charge in [-0.3, -0.25) is 4.99 Å². The monoisotopic (exact) mass is 506 g/mol. The molecule has 1 saturated heterocycles. The number of halogens is 2. The van der Waals surface area contributed by atoms with Crippen LogP contribution in [0.1, 0.15) is 38.5 Å². The summed E-state index contributed by atoms with van der Waals surface area (Å²) in [4.78, 5) is 9.28. The molecule has 3 rings (SSSR count). The van der Waals surface area contributed by atoms with Crippen LogP contribution in [0.5, 0.6) is 0 Å². The van der Waals surface area contributed by atoms with Crippen molar-refractivity contribution < 1.29 is 5.11 Å². The molecule has 0 atom stereocenters. The molecular formula is C20H32ClIN4O. The van der Waals surface area contributed by atoms with Crippen LogP contribution < -0.4 is 10.6 Å². The van der Waals surface area contributed by atoms with Crippen molar-refractivity contribution in [2.45, 2.75) is 38.5 Å². The molecule has 0 unspecified atom stereocenters. The molecule has 3 N–H and O–H groups in total. The van der Waals surface area contributed by atoms with E-state index in [0.29, 0.717) is 5.96 Å². The first kappa shape index (κ1) is 22.6. The average molecular weight is 507 g/mol. The molecule has 1 heterocycles. The topological polar surface area (TPSA) is 65.1 Å². The highest BCUT2D eigenvalue weighted by Crippen LogP contribution is 2.39. The fourth-order valence-electron chi connectivity index (χ4n) is 4.22. The van der Waals surface area contributed by atoms with Crippen molar-refractivity contribution in [3.8, 4) is 0 Å². The van der Waals surface area contributed by atoms with E-state index in [1.807, 2.05) is 12.1 Å². The van der Waals surface area contributed by atoms with Gasteiger partial charge in [-0.05, 0) is 48.9 Å².